The molecule has 148 valence electrons. The van der Waals surface area contributed by atoms with Gasteiger partial charge in [-0.2, -0.15) is 18.3 Å². The quantitative estimate of drug-likeness (QED) is 0.696. The Morgan fingerprint density at radius 2 is 2.00 bits per heavy atom. The highest BCUT2D eigenvalue weighted by Gasteiger charge is 2.28. The number of carbonyl (C=O) groups is 1. The highest BCUT2D eigenvalue weighted by atomic mass is 19.4. The van der Waals surface area contributed by atoms with Gasteiger partial charge in [-0.1, -0.05) is 0 Å². The van der Waals surface area contributed by atoms with Gasteiger partial charge in [-0.15, -0.1) is 0 Å². The molecule has 0 spiro atoms. The van der Waals surface area contributed by atoms with Gasteiger partial charge in [0.25, 0.3) is 5.91 Å². The van der Waals surface area contributed by atoms with E-state index in [0.29, 0.717) is 16.5 Å². The molecule has 0 saturated heterocycles. The van der Waals surface area contributed by atoms with Crippen LogP contribution in [0.15, 0.2) is 36.8 Å². The van der Waals surface area contributed by atoms with E-state index in [9.17, 15) is 18.0 Å². The van der Waals surface area contributed by atoms with Crippen LogP contribution in [0.5, 0.6) is 5.88 Å². The predicted molar refractivity (Wildman–Crippen MR) is 95.0 cm³/mol. The van der Waals surface area contributed by atoms with Crippen molar-refractivity contribution in [2.75, 3.05) is 6.61 Å². The lowest BCUT2D eigenvalue weighted by molar-refractivity contribution is -0.154. The van der Waals surface area contributed by atoms with Crippen molar-refractivity contribution >= 4 is 16.8 Å². The summed E-state index contributed by atoms with van der Waals surface area (Å²) in [6, 6.07) is 4.72. The van der Waals surface area contributed by atoms with Gasteiger partial charge in [-0.3, -0.25) is 14.5 Å². The fourth-order valence-corrected chi connectivity index (χ4v) is 2.56. The van der Waals surface area contributed by atoms with Gasteiger partial charge in [0, 0.05) is 30.7 Å². The summed E-state index contributed by atoms with van der Waals surface area (Å²) in [4.78, 5) is 20.2. The second-order valence-electron chi connectivity index (χ2n) is 6.45. The number of nitrogens with one attached hydrogen (secondary N) is 1. The van der Waals surface area contributed by atoms with Crippen LogP contribution in [0.2, 0.25) is 0 Å². The number of rotatable bonds is 6. The molecule has 3 aromatic heterocycles. The normalized spacial score (nSPS) is 11.8. The predicted octanol–water partition coefficient (Wildman–Crippen LogP) is 2.95. The first-order valence-electron chi connectivity index (χ1n) is 8.49. The van der Waals surface area contributed by atoms with Crippen LogP contribution in [0.3, 0.4) is 0 Å². The fourth-order valence-electron chi connectivity index (χ4n) is 2.56. The Labute approximate surface area is 158 Å². The third-order valence-electron chi connectivity index (χ3n) is 3.64. The second-order valence-corrected chi connectivity index (χ2v) is 6.45. The van der Waals surface area contributed by atoms with Crippen molar-refractivity contribution in [1.82, 2.24) is 25.1 Å². The average molecular weight is 393 g/mol. The first-order valence-corrected chi connectivity index (χ1v) is 8.49. The Kier molecular flexibility index (Phi) is 5.48. The number of pyridine rings is 2. The first-order chi connectivity index (χ1) is 13.2. The molecule has 3 aromatic rings. The zero-order valence-electron chi connectivity index (χ0n) is 15.2. The molecule has 3 rings (SSSR count). The highest BCUT2D eigenvalue weighted by Crippen LogP contribution is 2.19. The third kappa shape index (κ3) is 4.96. The Bertz CT molecular complexity index is 985. The summed E-state index contributed by atoms with van der Waals surface area (Å²) >= 11 is 0. The fraction of sp³-hybridized carbons (Fsp3) is 0.333. The lowest BCUT2D eigenvalue weighted by Crippen LogP contribution is -2.30. The number of halogens is 3. The minimum atomic E-state index is -4.43. The number of hydrogen-bond acceptors (Lipinski definition) is 5. The number of hydrogen-bond donors (Lipinski definition) is 1. The van der Waals surface area contributed by atoms with Crippen LogP contribution < -0.4 is 10.1 Å². The van der Waals surface area contributed by atoms with Gasteiger partial charge in [0.05, 0.1) is 17.4 Å². The average Bonchev–Trinajstić information content (AvgIpc) is 3.01. The van der Waals surface area contributed by atoms with Crippen LogP contribution in [0, 0.1) is 0 Å². The summed E-state index contributed by atoms with van der Waals surface area (Å²) in [6.45, 7) is 2.56. The van der Waals surface area contributed by atoms with Crippen LogP contribution in [0.4, 0.5) is 13.2 Å². The molecule has 0 unspecified atom stereocenters. The largest absolute Gasteiger partial charge is 0.468 e. The number of amides is 1. The lowest BCUT2D eigenvalue weighted by atomic mass is 10.2. The Morgan fingerprint density at radius 1 is 1.25 bits per heavy atom. The monoisotopic (exact) mass is 393 g/mol. The number of fused-ring (bicyclic) bond motifs is 1. The molecule has 0 saturated carbocycles. The summed E-state index contributed by atoms with van der Waals surface area (Å²) < 4.78 is 43.1. The van der Waals surface area contributed by atoms with Crippen molar-refractivity contribution in [2.24, 2.45) is 0 Å². The Hall–Kier alpha value is -3.17. The smallest absolute Gasteiger partial charge is 0.422 e. The van der Waals surface area contributed by atoms with E-state index in [0.717, 1.165) is 0 Å². The van der Waals surface area contributed by atoms with E-state index in [1.807, 2.05) is 13.8 Å². The molecule has 0 bridgehead atoms. The molecule has 0 atom stereocenters. The van der Waals surface area contributed by atoms with Crippen molar-refractivity contribution in [3.8, 4) is 5.88 Å². The van der Waals surface area contributed by atoms with E-state index >= 15 is 0 Å². The molecule has 3 heterocycles. The third-order valence-corrected chi connectivity index (χ3v) is 3.64. The number of ether oxygens (including phenoxy) is 1. The molecule has 0 fully saturated rings. The maximum atomic E-state index is 12.3. The molecule has 0 radical (unpaired) electrons. The van der Waals surface area contributed by atoms with Gasteiger partial charge in [0.1, 0.15) is 5.69 Å². The zero-order chi connectivity index (χ0) is 20.3. The van der Waals surface area contributed by atoms with Crippen LogP contribution in [0.25, 0.3) is 10.9 Å². The Morgan fingerprint density at radius 3 is 2.71 bits per heavy atom. The summed E-state index contributed by atoms with van der Waals surface area (Å²) in [5, 5.41) is 7.78. The van der Waals surface area contributed by atoms with Gasteiger partial charge in [0.15, 0.2) is 6.61 Å². The van der Waals surface area contributed by atoms with E-state index in [1.54, 1.807) is 23.0 Å². The molecule has 0 aliphatic heterocycles. The van der Waals surface area contributed by atoms with Crippen molar-refractivity contribution in [3.05, 3.63) is 48.0 Å². The standard InChI is InChI=1S/C18H18F3N5O2/c1-11(2)24-17(27)16-13-9-26(25-14(13)4-6-23-16)8-12-3-5-22-15(7-12)28-10-18(19,20)21/h3-7,9,11H,8,10H2,1-2H3,(H,24,27). The number of nitrogens with zero attached hydrogens (tertiary/aromatic N) is 4. The van der Waals surface area contributed by atoms with Gasteiger partial charge in [0.2, 0.25) is 5.88 Å². The molecule has 7 nitrogen and oxygen atoms in total. The van der Waals surface area contributed by atoms with Crippen molar-refractivity contribution in [2.45, 2.75) is 32.6 Å². The van der Waals surface area contributed by atoms with E-state index in [-0.39, 0.29) is 30.1 Å². The minimum Gasteiger partial charge on any atom is -0.468 e. The second kappa shape index (κ2) is 7.83. The maximum absolute atomic E-state index is 12.3. The summed E-state index contributed by atoms with van der Waals surface area (Å²) in [5.41, 5.74) is 1.51. The van der Waals surface area contributed by atoms with E-state index in [1.165, 1.54) is 18.5 Å². The summed E-state index contributed by atoms with van der Waals surface area (Å²) in [5.74, 6) is -0.419. The van der Waals surface area contributed by atoms with E-state index < -0.39 is 12.8 Å². The van der Waals surface area contributed by atoms with Gasteiger partial charge >= 0.3 is 6.18 Å². The van der Waals surface area contributed by atoms with E-state index in [4.69, 9.17) is 0 Å². The van der Waals surface area contributed by atoms with Crippen LogP contribution in [-0.2, 0) is 6.54 Å². The Balaban J connectivity index is 1.81. The molecule has 10 heteroatoms. The van der Waals surface area contributed by atoms with Gasteiger partial charge < -0.3 is 10.1 Å². The van der Waals surface area contributed by atoms with Gasteiger partial charge in [-0.05, 0) is 31.5 Å². The lowest BCUT2D eigenvalue weighted by Gasteiger charge is -2.09. The minimum absolute atomic E-state index is 0.0356. The first kappa shape index (κ1) is 19.6. The molecule has 0 aliphatic rings. The van der Waals surface area contributed by atoms with Crippen molar-refractivity contribution in [1.29, 1.82) is 0 Å². The maximum Gasteiger partial charge on any atom is 0.422 e. The highest BCUT2D eigenvalue weighted by molar-refractivity contribution is 6.04. The van der Waals surface area contributed by atoms with Crippen LogP contribution in [0.1, 0.15) is 29.9 Å². The summed E-state index contributed by atoms with van der Waals surface area (Å²) in [7, 11) is 0. The number of aromatic nitrogens is 4. The molecule has 0 aliphatic carbocycles. The van der Waals surface area contributed by atoms with Crippen LogP contribution in [-0.4, -0.2) is 44.5 Å². The molecule has 1 N–H and O–H groups in total. The van der Waals surface area contributed by atoms with Crippen molar-refractivity contribution in [3.63, 3.8) is 0 Å². The topological polar surface area (TPSA) is 81.9 Å². The molecule has 0 aromatic carbocycles. The van der Waals surface area contributed by atoms with Gasteiger partial charge in [-0.25, -0.2) is 4.98 Å². The molecule has 28 heavy (non-hydrogen) atoms. The number of carbonyl (C=O) groups excluding carboxylic acids is 1. The van der Waals surface area contributed by atoms with Crippen molar-refractivity contribution < 1.29 is 22.7 Å². The zero-order valence-corrected chi connectivity index (χ0v) is 15.2. The molecule has 1 amide bonds. The van der Waals surface area contributed by atoms with E-state index in [2.05, 4.69) is 25.1 Å². The molecular formula is C18H18F3N5O2. The molecular weight excluding hydrogens is 375 g/mol. The number of alkyl halides is 3. The SMILES string of the molecule is CC(C)NC(=O)c1nccc2nn(Cc3ccnc(OCC(F)(F)F)c3)cc12. The summed E-state index contributed by atoms with van der Waals surface area (Å²) in [6.07, 6.45) is 0.114. The van der Waals surface area contributed by atoms with Crippen LogP contribution >= 0.6 is 0 Å².